The first-order chi connectivity index (χ1) is 7.36. The predicted octanol–water partition coefficient (Wildman–Crippen LogP) is 2.62. The Morgan fingerprint density at radius 1 is 1.47 bits per heavy atom. The molecule has 4 heteroatoms. The van der Waals surface area contributed by atoms with Crippen molar-refractivity contribution in [3.8, 4) is 0 Å². The van der Waals surface area contributed by atoms with Gasteiger partial charge in [0, 0.05) is 25.0 Å². The smallest absolute Gasteiger partial charge is 0.159 e. The Labute approximate surface area is 94.1 Å². The van der Waals surface area contributed by atoms with E-state index in [0.717, 1.165) is 36.4 Å². The lowest BCUT2D eigenvalue weighted by Crippen LogP contribution is -2.04. The van der Waals surface area contributed by atoms with Crippen molar-refractivity contribution in [3.05, 3.63) is 24.2 Å². The molecular formula is C11H14ClN3. The summed E-state index contributed by atoms with van der Waals surface area (Å²) in [6.07, 6.45) is 3.69. The highest BCUT2D eigenvalue weighted by atomic mass is 35.5. The summed E-state index contributed by atoms with van der Waals surface area (Å²) < 4.78 is 2.16. The maximum atomic E-state index is 5.76. The summed E-state index contributed by atoms with van der Waals surface area (Å²) in [5, 5.41) is 0. The minimum atomic E-state index is 0.604. The fraction of sp³-hybridized carbons (Fsp3) is 0.455. The quantitative estimate of drug-likeness (QED) is 0.746. The Morgan fingerprint density at radius 2 is 2.33 bits per heavy atom. The fourth-order valence-electron chi connectivity index (χ4n) is 1.74. The first-order valence-corrected chi connectivity index (χ1v) is 5.76. The average Bonchev–Trinajstić information content (AvgIpc) is 2.59. The van der Waals surface area contributed by atoms with Gasteiger partial charge >= 0.3 is 0 Å². The minimum absolute atomic E-state index is 0.604. The first kappa shape index (κ1) is 10.4. The van der Waals surface area contributed by atoms with Crippen molar-refractivity contribution in [2.45, 2.75) is 26.3 Å². The van der Waals surface area contributed by atoms with Gasteiger partial charge in [-0.05, 0) is 18.6 Å². The molecule has 0 bridgehead atoms. The monoisotopic (exact) mass is 223 g/mol. The second-order valence-corrected chi connectivity index (χ2v) is 3.84. The summed E-state index contributed by atoms with van der Waals surface area (Å²) in [6, 6.07) is 3.91. The molecule has 3 nitrogen and oxygen atoms in total. The molecule has 0 saturated carbocycles. The van der Waals surface area contributed by atoms with Crippen LogP contribution >= 0.6 is 11.6 Å². The molecule has 2 rings (SSSR count). The highest BCUT2D eigenvalue weighted by molar-refractivity contribution is 6.17. The van der Waals surface area contributed by atoms with Gasteiger partial charge in [0.25, 0.3) is 0 Å². The second-order valence-electron chi connectivity index (χ2n) is 3.46. The van der Waals surface area contributed by atoms with Gasteiger partial charge in [0.1, 0.15) is 11.3 Å². The number of aryl methyl sites for hydroxylation is 2. The number of imidazole rings is 1. The summed E-state index contributed by atoms with van der Waals surface area (Å²) in [6.45, 7) is 3.11. The van der Waals surface area contributed by atoms with Crippen molar-refractivity contribution in [2.24, 2.45) is 0 Å². The number of pyridine rings is 1. The zero-order chi connectivity index (χ0) is 10.7. The van der Waals surface area contributed by atoms with E-state index in [-0.39, 0.29) is 0 Å². The number of nitrogens with zero attached hydrogens (tertiary/aromatic N) is 3. The van der Waals surface area contributed by atoms with E-state index in [1.54, 1.807) is 6.20 Å². The summed E-state index contributed by atoms with van der Waals surface area (Å²) in [7, 11) is 0. The molecule has 2 aromatic heterocycles. The molecule has 0 spiro atoms. The molecule has 0 aliphatic heterocycles. The molecular weight excluding hydrogens is 210 g/mol. The molecule has 0 radical (unpaired) electrons. The molecule has 0 aliphatic rings. The van der Waals surface area contributed by atoms with Gasteiger partial charge in [0.05, 0.1) is 0 Å². The van der Waals surface area contributed by atoms with Crippen LogP contribution in [0.2, 0.25) is 0 Å². The maximum Gasteiger partial charge on any atom is 0.159 e. The summed E-state index contributed by atoms with van der Waals surface area (Å²) >= 11 is 5.76. The minimum Gasteiger partial charge on any atom is -0.313 e. The number of hydrogen-bond acceptors (Lipinski definition) is 2. The normalized spacial score (nSPS) is 11.1. The fourth-order valence-corrected chi connectivity index (χ4v) is 1.91. The molecule has 0 aromatic carbocycles. The standard InChI is InChI=1S/C11H14ClN3/c1-2-8-15-10(5-6-12)14-9-4-3-7-13-11(9)15/h3-4,7H,2,5-6,8H2,1H3. The third kappa shape index (κ3) is 1.97. The largest absolute Gasteiger partial charge is 0.313 e. The summed E-state index contributed by atoms with van der Waals surface area (Å²) in [5.74, 6) is 1.65. The van der Waals surface area contributed by atoms with E-state index in [9.17, 15) is 0 Å². The van der Waals surface area contributed by atoms with Crippen molar-refractivity contribution in [1.82, 2.24) is 14.5 Å². The van der Waals surface area contributed by atoms with E-state index >= 15 is 0 Å². The molecule has 2 heterocycles. The van der Waals surface area contributed by atoms with Crippen LogP contribution in [0.25, 0.3) is 11.2 Å². The third-order valence-corrected chi connectivity index (χ3v) is 2.54. The van der Waals surface area contributed by atoms with Gasteiger partial charge in [0.15, 0.2) is 5.65 Å². The average molecular weight is 224 g/mol. The predicted molar refractivity (Wildman–Crippen MR) is 62.2 cm³/mol. The molecule has 0 fully saturated rings. The van der Waals surface area contributed by atoms with Crippen molar-refractivity contribution >= 4 is 22.8 Å². The number of halogens is 1. The number of rotatable bonds is 4. The van der Waals surface area contributed by atoms with Gasteiger partial charge in [0.2, 0.25) is 0 Å². The summed E-state index contributed by atoms with van der Waals surface area (Å²) in [4.78, 5) is 8.90. The van der Waals surface area contributed by atoms with E-state index in [4.69, 9.17) is 11.6 Å². The Kier molecular flexibility index (Phi) is 3.21. The number of fused-ring (bicyclic) bond motifs is 1. The van der Waals surface area contributed by atoms with E-state index in [0.29, 0.717) is 5.88 Å². The van der Waals surface area contributed by atoms with Crippen LogP contribution in [0.4, 0.5) is 0 Å². The molecule has 15 heavy (non-hydrogen) atoms. The van der Waals surface area contributed by atoms with Gasteiger partial charge < -0.3 is 4.57 Å². The Morgan fingerprint density at radius 3 is 3.07 bits per heavy atom. The van der Waals surface area contributed by atoms with Gasteiger partial charge in [-0.3, -0.25) is 0 Å². The molecule has 0 unspecified atom stereocenters. The van der Waals surface area contributed by atoms with Crippen molar-refractivity contribution in [2.75, 3.05) is 5.88 Å². The van der Waals surface area contributed by atoms with Crippen LogP contribution in [0.3, 0.4) is 0 Å². The zero-order valence-corrected chi connectivity index (χ0v) is 9.54. The Bertz CT molecular complexity index is 450. The third-order valence-electron chi connectivity index (χ3n) is 2.35. The molecule has 0 atom stereocenters. The lowest BCUT2D eigenvalue weighted by Gasteiger charge is -2.04. The molecule has 80 valence electrons. The molecule has 2 aromatic rings. The van der Waals surface area contributed by atoms with Crippen LogP contribution in [0, 0.1) is 0 Å². The van der Waals surface area contributed by atoms with Gasteiger partial charge in [-0.15, -0.1) is 11.6 Å². The number of alkyl halides is 1. The number of aromatic nitrogens is 3. The number of hydrogen-bond donors (Lipinski definition) is 0. The van der Waals surface area contributed by atoms with Crippen LogP contribution in [-0.2, 0) is 13.0 Å². The van der Waals surface area contributed by atoms with Crippen LogP contribution in [-0.4, -0.2) is 20.4 Å². The van der Waals surface area contributed by atoms with Crippen molar-refractivity contribution < 1.29 is 0 Å². The van der Waals surface area contributed by atoms with Crippen molar-refractivity contribution in [3.63, 3.8) is 0 Å². The Balaban J connectivity index is 2.53. The lowest BCUT2D eigenvalue weighted by atomic mass is 10.4. The van der Waals surface area contributed by atoms with Crippen LogP contribution in [0.5, 0.6) is 0 Å². The Hall–Kier alpha value is -1.09. The molecule has 0 amide bonds. The molecule has 0 saturated heterocycles. The second kappa shape index (κ2) is 4.62. The van der Waals surface area contributed by atoms with Gasteiger partial charge in [-0.1, -0.05) is 6.92 Å². The SMILES string of the molecule is CCCn1c(CCCl)nc2cccnc21. The van der Waals surface area contributed by atoms with E-state index in [1.807, 2.05) is 12.1 Å². The van der Waals surface area contributed by atoms with Gasteiger partial charge in [-0.2, -0.15) is 0 Å². The summed E-state index contributed by atoms with van der Waals surface area (Å²) in [5.41, 5.74) is 1.94. The van der Waals surface area contributed by atoms with E-state index < -0.39 is 0 Å². The topological polar surface area (TPSA) is 30.7 Å². The zero-order valence-electron chi connectivity index (χ0n) is 8.78. The van der Waals surface area contributed by atoms with Crippen molar-refractivity contribution in [1.29, 1.82) is 0 Å². The molecule has 0 N–H and O–H groups in total. The van der Waals surface area contributed by atoms with Gasteiger partial charge in [-0.25, -0.2) is 9.97 Å². The molecule has 0 aliphatic carbocycles. The van der Waals surface area contributed by atoms with Crippen LogP contribution in [0.15, 0.2) is 18.3 Å². The lowest BCUT2D eigenvalue weighted by molar-refractivity contribution is 0.655. The highest BCUT2D eigenvalue weighted by Gasteiger charge is 2.09. The van der Waals surface area contributed by atoms with E-state index in [1.165, 1.54) is 0 Å². The first-order valence-electron chi connectivity index (χ1n) is 5.23. The van der Waals surface area contributed by atoms with Crippen LogP contribution < -0.4 is 0 Å². The van der Waals surface area contributed by atoms with Crippen LogP contribution in [0.1, 0.15) is 19.2 Å². The maximum absolute atomic E-state index is 5.76. The highest BCUT2D eigenvalue weighted by Crippen LogP contribution is 2.14. The van der Waals surface area contributed by atoms with E-state index in [2.05, 4.69) is 21.5 Å².